The van der Waals surface area contributed by atoms with Gasteiger partial charge in [0.25, 0.3) is 6.43 Å². The molecule has 64 valence electrons. The maximum absolute atomic E-state index is 12.0. The number of aromatic nitrogens is 1. The van der Waals surface area contributed by atoms with Gasteiger partial charge in [-0.25, -0.2) is 8.78 Å². The molecule has 0 aliphatic carbocycles. The standard InChI is InChI=1S/C7H4ClF2NO/c8-5-2-11-6(7(9)10)1-4(5)3-12/h1-3,7H. The third-order valence-electron chi connectivity index (χ3n) is 1.26. The minimum absolute atomic E-state index is 0.0296. The highest BCUT2D eigenvalue weighted by Gasteiger charge is 2.10. The molecular weight excluding hydrogens is 188 g/mol. The first-order chi connectivity index (χ1) is 5.65. The number of rotatable bonds is 2. The molecule has 0 atom stereocenters. The Kier molecular flexibility index (Phi) is 2.70. The lowest BCUT2D eigenvalue weighted by atomic mass is 10.2. The molecule has 1 rings (SSSR count). The highest BCUT2D eigenvalue weighted by Crippen LogP contribution is 2.20. The molecule has 1 aromatic heterocycles. The van der Waals surface area contributed by atoms with E-state index in [9.17, 15) is 13.6 Å². The van der Waals surface area contributed by atoms with Crippen LogP contribution in [0.1, 0.15) is 22.5 Å². The Morgan fingerprint density at radius 1 is 1.58 bits per heavy atom. The Bertz CT molecular complexity index is 303. The van der Waals surface area contributed by atoms with Gasteiger partial charge in [0.1, 0.15) is 5.69 Å². The van der Waals surface area contributed by atoms with Crippen molar-refractivity contribution in [2.75, 3.05) is 0 Å². The van der Waals surface area contributed by atoms with E-state index in [-0.39, 0.29) is 10.6 Å². The van der Waals surface area contributed by atoms with Crippen molar-refractivity contribution in [1.82, 2.24) is 4.98 Å². The van der Waals surface area contributed by atoms with Gasteiger partial charge in [0.05, 0.1) is 5.02 Å². The predicted molar refractivity (Wildman–Crippen MR) is 39.6 cm³/mol. The van der Waals surface area contributed by atoms with E-state index in [1.807, 2.05) is 0 Å². The average molecular weight is 192 g/mol. The Balaban J connectivity index is 3.13. The summed E-state index contributed by atoms with van der Waals surface area (Å²) in [5, 5.41) is 0.0781. The molecule has 12 heavy (non-hydrogen) atoms. The first-order valence-corrected chi connectivity index (χ1v) is 3.41. The summed E-state index contributed by atoms with van der Waals surface area (Å²) in [6, 6.07) is 0.972. The first-order valence-electron chi connectivity index (χ1n) is 3.04. The minimum atomic E-state index is -2.68. The van der Waals surface area contributed by atoms with E-state index < -0.39 is 12.1 Å². The zero-order valence-corrected chi connectivity index (χ0v) is 6.55. The Morgan fingerprint density at radius 2 is 2.25 bits per heavy atom. The number of hydrogen-bond donors (Lipinski definition) is 0. The third-order valence-corrected chi connectivity index (χ3v) is 1.57. The molecule has 0 N–H and O–H groups in total. The fourth-order valence-corrected chi connectivity index (χ4v) is 0.829. The van der Waals surface area contributed by atoms with Gasteiger partial charge in [-0.05, 0) is 6.07 Å². The Morgan fingerprint density at radius 3 is 2.75 bits per heavy atom. The number of pyridine rings is 1. The van der Waals surface area contributed by atoms with E-state index in [2.05, 4.69) is 4.98 Å². The second kappa shape index (κ2) is 3.58. The first kappa shape index (κ1) is 9.06. The molecule has 0 saturated heterocycles. The second-order valence-electron chi connectivity index (χ2n) is 2.05. The van der Waals surface area contributed by atoms with E-state index in [0.29, 0.717) is 6.29 Å². The van der Waals surface area contributed by atoms with E-state index in [0.717, 1.165) is 12.3 Å². The number of nitrogens with zero attached hydrogens (tertiary/aromatic N) is 1. The SMILES string of the molecule is O=Cc1cc(C(F)F)ncc1Cl. The quantitative estimate of drug-likeness (QED) is 0.673. The number of hydrogen-bond acceptors (Lipinski definition) is 2. The normalized spacial score (nSPS) is 10.3. The monoisotopic (exact) mass is 191 g/mol. The van der Waals surface area contributed by atoms with Crippen LogP contribution in [0.3, 0.4) is 0 Å². The van der Waals surface area contributed by atoms with Crippen molar-refractivity contribution in [2.24, 2.45) is 0 Å². The molecule has 0 bridgehead atoms. The van der Waals surface area contributed by atoms with Crippen LogP contribution in [-0.2, 0) is 0 Å². The van der Waals surface area contributed by atoms with Crippen molar-refractivity contribution in [3.05, 3.63) is 28.5 Å². The summed E-state index contributed by atoms with van der Waals surface area (Å²) < 4.78 is 24.0. The smallest absolute Gasteiger partial charge is 0.280 e. The largest absolute Gasteiger partial charge is 0.298 e. The Hall–Kier alpha value is -1.03. The molecule has 0 aliphatic heterocycles. The molecule has 1 heterocycles. The molecular formula is C7H4ClF2NO. The molecule has 1 aromatic rings. The van der Waals surface area contributed by atoms with Crippen LogP contribution in [0.4, 0.5) is 8.78 Å². The summed E-state index contributed by atoms with van der Waals surface area (Å²) in [5.41, 5.74) is -0.413. The number of carbonyl (C=O) groups is 1. The summed E-state index contributed by atoms with van der Waals surface area (Å²) >= 11 is 5.46. The zero-order chi connectivity index (χ0) is 9.14. The third kappa shape index (κ3) is 1.76. The molecule has 0 aliphatic rings. The predicted octanol–water partition coefficient (Wildman–Crippen LogP) is 2.49. The Labute approximate surface area is 72.2 Å². The van der Waals surface area contributed by atoms with Gasteiger partial charge in [-0.3, -0.25) is 9.78 Å². The van der Waals surface area contributed by atoms with Gasteiger partial charge >= 0.3 is 0 Å². The van der Waals surface area contributed by atoms with Crippen LogP contribution < -0.4 is 0 Å². The van der Waals surface area contributed by atoms with E-state index in [1.54, 1.807) is 0 Å². The summed E-state index contributed by atoms with van der Waals surface area (Å²) in [4.78, 5) is 13.6. The van der Waals surface area contributed by atoms with Gasteiger partial charge in [-0.15, -0.1) is 0 Å². The van der Waals surface area contributed by atoms with Gasteiger partial charge in [-0.2, -0.15) is 0 Å². The number of aldehydes is 1. The maximum atomic E-state index is 12.0. The summed E-state index contributed by atoms with van der Waals surface area (Å²) in [7, 11) is 0. The van der Waals surface area contributed by atoms with Crippen LogP contribution >= 0.6 is 11.6 Å². The second-order valence-corrected chi connectivity index (χ2v) is 2.46. The lowest BCUT2D eigenvalue weighted by molar-refractivity contribution is 0.112. The van der Waals surface area contributed by atoms with Crippen molar-refractivity contribution in [2.45, 2.75) is 6.43 Å². The molecule has 0 unspecified atom stereocenters. The zero-order valence-electron chi connectivity index (χ0n) is 5.80. The summed E-state index contributed by atoms with van der Waals surface area (Å²) in [5.74, 6) is 0. The van der Waals surface area contributed by atoms with Crippen molar-refractivity contribution >= 4 is 17.9 Å². The highest BCUT2D eigenvalue weighted by molar-refractivity contribution is 6.32. The van der Waals surface area contributed by atoms with E-state index in [1.165, 1.54) is 0 Å². The molecule has 0 saturated carbocycles. The van der Waals surface area contributed by atoms with Gasteiger partial charge in [0, 0.05) is 11.8 Å². The fraction of sp³-hybridized carbons (Fsp3) is 0.143. The fourth-order valence-electron chi connectivity index (χ4n) is 0.681. The molecule has 0 radical (unpaired) electrons. The minimum Gasteiger partial charge on any atom is -0.298 e. The van der Waals surface area contributed by atoms with Crippen LogP contribution in [0.5, 0.6) is 0 Å². The van der Waals surface area contributed by atoms with Gasteiger partial charge in [0.15, 0.2) is 6.29 Å². The molecule has 0 aromatic carbocycles. The molecule has 0 fully saturated rings. The molecule has 5 heteroatoms. The molecule has 0 amide bonds. The van der Waals surface area contributed by atoms with Crippen LogP contribution in [-0.4, -0.2) is 11.3 Å². The lowest BCUT2D eigenvalue weighted by Crippen LogP contribution is -1.92. The van der Waals surface area contributed by atoms with E-state index >= 15 is 0 Å². The molecule has 0 spiro atoms. The number of carbonyl (C=O) groups excluding carboxylic acids is 1. The maximum Gasteiger partial charge on any atom is 0.280 e. The van der Waals surface area contributed by atoms with E-state index in [4.69, 9.17) is 11.6 Å². The van der Waals surface area contributed by atoms with Crippen LogP contribution in [0.2, 0.25) is 5.02 Å². The van der Waals surface area contributed by atoms with Gasteiger partial charge in [0.2, 0.25) is 0 Å². The lowest BCUT2D eigenvalue weighted by Gasteiger charge is -1.99. The summed E-state index contributed by atoms with van der Waals surface area (Å²) in [6.45, 7) is 0. The van der Waals surface area contributed by atoms with Crippen molar-refractivity contribution in [3.8, 4) is 0 Å². The van der Waals surface area contributed by atoms with Crippen molar-refractivity contribution in [3.63, 3.8) is 0 Å². The average Bonchev–Trinajstić information content (AvgIpc) is 2.05. The van der Waals surface area contributed by atoms with Crippen molar-refractivity contribution in [1.29, 1.82) is 0 Å². The number of halogens is 3. The van der Waals surface area contributed by atoms with Gasteiger partial charge in [-0.1, -0.05) is 11.6 Å². The topological polar surface area (TPSA) is 30.0 Å². The highest BCUT2D eigenvalue weighted by atomic mass is 35.5. The van der Waals surface area contributed by atoms with Crippen LogP contribution in [0, 0.1) is 0 Å². The van der Waals surface area contributed by atoms with Crippen molar-refractivity contribution < 1.29 is 13.6 Å². The molecule has 2 nitrogen and oxygen atoms in total. The van der Waals surface area contributed by atoms with Crippen LogP contribution in [0.15, 0.2) is 12.3 Å². The van der Waals surface area contributed by atoms with Crippen LogP contribution in [0.25, 0.3) is 0 Å². The number of alkyl halides is 2. The van der Waals surface area contributed by atoms with Gasteiger partial charge < -0.3 is 0 Å². The summed E-state index contributed by atoms with van der Waals surface area (Å²) in [6.07, 6.45) is -1.23.